The van der Waals surface area contributed by atoms with Crippen LogP contribution >= 0.6 is 0 Å². The van der Waals surface area contributed by atoms with Gasteiger partial charge < -0.3 is 10.0 Å². The SMILES string of the molecule is O=C(O)C1C2CCCC2CN1C(=O)Cc1ccc(C(F)(F)F)cc1. The molecule has 1 saturated heterocycles. The molecule has 3 unspecified atom stereocenters. The number of rotatable bonds is 3. The van der Waals surface area contributed by atoms with Gasteiger partial charge in [-0.25, -0.2) is 4.79 Å². The Hall–Kier alpha value is -2.05. The summed E-state index contributed by atoms with van der Waals surface area (Å²) in [5.41, 5.74) is -0.313. The first-order valence-corrected chi connectivity index (χ1v) is 7.96. The number of alkyl halides is 3. The van der Waals surface area contributed by atoms with Gasteiger partial charge in [-0.3, -0.25) is 4.79 Å². The smallest absolute Gasteiger partial charge is 0.416 e. The summed E-state index contributed by atoms with van der Waals surface area (Å²) in [5.74, 6) is -1.11. The minimum absolute atomic E-state index is 0.000875. The predicted molar refractivity (Wildman–Crippen MR) is 79.1 cm³/mol. The molecule has 1 aromatic rings. The highest BCUT2D eigenvalue weighted by Gasteiger charge is 2.49. The summed E-state index contributed by atoms with van der Waals surface area (Å²) in [6, 6.07) is 3.62. The van der Waals surface area contributed by atoms with E-state index in [1.807, 2.05) is 0 Å². The van der Waals surface area contributed by atoms with E-state index in [1.54, 1.807) is 0 Å². The standard InChI is InChI=1S/C17H18F3NO3/c18-17(19,20)12-6-4-10(5-7-12)8-14(22)21-9-11-2-1-3-13(11)15(21)16(23)24/h4-7,11,13,15H,1-3,8-9H2,(H,23,24). The number of carboxylic acids is 1. The lowest BCUT2D eigenvalue weighted by atomic mass is 9.94. The van der Waals surface area contributed by atoms with E-state index in [0.29, 0.717) is 12.1 Å². The van der Waals surface area contributed by atoms with E-state index in [-0.39, 0.29) is 24.2 Å². The Bertz CT molecular complexity index is 641. The maximum atomic E-state index is 12.6. The van der Waals surface area contributed by atoms with Crippen LogP contribution in [-0.2, 0) is 22.2 Å². The van der Waals surface area contributed by atoms with Gasteiger partial charge in [0.25, 0.3) is 0 Å². The largest absolute Gasteiger partial charge is 0.480 e. The first-order valence-electron chi connectivity index (χ1n) is 7.96. The summed E-state index contributed by atoms with van der Waals surface area (Å²) in [6.07, 6.45) is -1.77. The molecule has 24 heavy (non-hydrogen) atoms. The quantitative estimate of drug-likeness (QED) is 0.920. The number of carbonyl (C=O) groups excluding carboxylic acids is 1. The zero-order chi connectivity index (χ0) is 17.5. The van der Waals surface area contributed by atoms with Crippen molar-refractivity contribution in [2.24, 2.45) is 11.8 Å². The lowest BCUT2D eigenvalue weighted by Crippen LogP contribution is -2.43. The minimum Gasteiger partial charge on any atom is -0.480 e. The van der Waals surface area contributed by atoms with E-state index in [9.17, 15) is 27.9 Å². The Balaban J connectivity index is 1.71. The third kappa shape index (κ3) is 3.12. The normalized spacial score (nSPS) is 26.5. The van der Waals surface area contributed by atoms with Crippen LogP contribution in [0.4, 0.5) is 13.2 Å². The monoisotopic (exact) mass is 341 g/mol. The third-order valence-corrected chi connectivity index (χ3v) is 5.10. The average molecular weight is 341 g/mol. The second kappa shape index (κ2) is 6.11. The van der Waals surface area contributed by atoms with Crippen LogP contribution in [0.5, 0.6) is 0 Å². The highest BCUT2D eigenvalue weighted by atomic mass is 19.4. The summed E-state index contributed by atoms with van der Waals surface area (Å²) < 4.78 is 37.7. The average Bonchev–Trinajstić information content (AvgIpc) is 3.06. The molecule has 0 radical (unpaired) electrons. The number of likely N-dealkylation sites (tertiary alicyclic amines) is 1. The van der Waals surface area contributed by atoms with Gasteiger partial charge in [0.2, 0.25) is 5.91 Å². The Kier molecular flexibility index (Phi) is 4.27. The van der Waals surface area contributed by atoms with Crippen molar-refractivity contribution in [2.45, 2.75) is 37.9 Å². The Morgan fingerprint density at radius 1 is 1.17 bits per heavy atom. The highest BCUT2D eigenvalue weighted by Crippen LogP contribution is 2.42. The summed E-state index contributed by atoms with van der Waals surface area (Å²) in [4.78, 5) is 25.4. The van der Waals surface area contributed by atoms with Gasteiger partial charge in [-0.05, 0) is 42.4 Å². The van der Waals surface area contributed by atoms with Crippen LogP contribution in [0, 0.1) is 11.8 Å². The summed E-state index contributed by atoms with van der Waals surface area (Å²) >= 11 is 0. The Morgan fingerprint density at radius 3 is 2.42 bits per heavy atom. The molecular formula is C17H18F3NO3. The van der Waals surface area contributed by atoms with Crippen LogP contribution in [0.25, 0.3) is 0 Å². The van der Waals surface area contributed by atoms with Gasteiger partial charge in [-0.15, -0.1) is 0 Å². The van der Waals surface area contributed by atoms with Crippen molar-refractivity contribution in [3.05, 3.63) is 35.4 Å². The van der Waals surface area contributed by atoms with Crippen molar-refractivity contribution < 1.29 is 27.9 Å². The van der Waals surface area contributed by atoms with Crippen molar-refractivity contribution in [1.82, 2.24) is 4.90 Å². The van der Waals surface area contributed by atoms with Crippen LogP contribution in [0.3, 0.4) is 0 Å². The molecule has 1 aromatic carbocycles. The number of nitrogens with zero attached hydrogens (tertiary/aromatic N) is 1. The second-order valence-corrected chi connectivity index (χ2v) is 6.56. The van der Waals surface area contributed by atoms with E-state index >= 15 is 0 Å². The maximum absolute atomic E-state index is 12.6. The van der Waals surface area contributed by atoms with Gasteiger partial charge in [0, 0.05) is 6.54 Å². The number of hydrogen-bond acceptors (Lipinski definition) is 2. The minimum atomic E-state index is -4.41. The van der Waals surface area contributed by atoms with E-state index in [4.69, 9.17) is 0 Å². The van der Waals surface area contributed by atoms with Gasteiger partial charge >= 0.3 is 12.1 Å². The van der Waals surface area contributed by atoms with E-state index in [2.05, 4.69) is 0 Å². The molecule has 3 atom stereocenters. The number of hydrogen-bond donors (Lipinski definition) is 1. The van der Waals surface area contributed by atoms with Crippen molar-refractivity contribution >= 4 is 11.9 Å². The second-order valence-electron chi connectivity index (χ2n) is 6.56. The van der Waals surface area contributed by atoms with Crippen molar-refractivity contribution in [3.8, 4) is 0 Å². The van der Waals surface area contributed by atoms with Gasteiger partial charge in [0.1, 0.15) is 6.04 Å². The highest BCUT2D eigenvalue weighted by molar-refractivity contribution is 5.86. The molecule has 0 aromatic heterocycles. The molecule has 1 aliphatic carbocycles. The summed E-state index contributed by atoms with van der Waals surface area (Å²) in [7, 11) is 0. The topological polar surface area (TPSA) is 57.6 Å². The molecule has 2 fully saturated rings. The lowest BCUT2D eigenvalue weighted by molar-refractivity contribution is -0.149. The molecule has 0 bridgehead atoms. The molecule has 1 aliphatic heterocycles. The molecule has 7 heteroatoms. The molecule has 3 rings (SSSR count). The van der Waals surface area contributed by atoms with Crippen LogP contribution < -0.4 is 0 Å². The summed E-state index contributed by atoms with van der Waals surface area (Å²) in [6.45, 7) is 0.432. The molecule has 130 valence electrons. The van der Waals surface area contributed by atoms with E-state index in [0.717, 1.165) is 31.4 Å². The number of carboxylic acid groups (broad SMARTS) is 1. The Labute approximate surface area is 137 Å². The maximum Gasteiger partial charge on any atom is 0.416 e. The van der Waals surface area contributed by atoms with Crippen molar-refractivity contribution in [3.63, 3.8) is 0 Å². The van der Waals surface area contributed by atoms with Gasteiger partial charge in [-0.2, -0.15) is 13.2 Å². The molecule has 2 aliphatic rings. The van der Waals surface area contributed by atoms with Crippen molar-refractivity contribution in [2.75, 3.05) is 6.54 Å². The fraction of sp³-hybridized carbons (Fsp3) is 0.529. The van der Waals surface area contributed by atoms with Crippen molar-refractivity contribution in [1.29, 1.82) is 0 Å². The van der Waals surface area contributed by atoms with Crippen LogP contribution in [0.15, 0.2) is 24.3 Å². The molecule has 1 heterocycles. The predicted octanol–water partition coefficient (Wildman–Crippen LogP) is 2.96. The van der Waals surface area contributed by atoms with Gasteiger partial charge in [0.15, 0.2) is 0 Å². The number of fused-ring (bicyclic) bond motifs is 1. The fourth-order valence-corrected chi connectivity index (χ4v) is 3.97. The molecule has 1 saturated carbocycles. The zero-order valence-electron chi connectivity index (χ0n) is 12.9. The summed E-state index contributed by atoms with van der Waals surface area (Å²) in [5, 5.41) is 9.45. The van der Waals surface area contributed by atoms with Gasteiger partial charge in [-0.1, -0.05) is 18.6 Å². The zero-order valence-corrected chi connectivity index (χ0v) is 12.9. The lowest BCUT2D eigenvalue weighted by Gasteiger charge is -2.24. The Morgan fingerprint density at radius 2 is 1.83 bits per heavy atom. The molecule has 0 spiro atoms. The van der Waals surface area contributed by atoms with E-state index < -0.39 is 23.8 Å². The molecule has 1 amide bonds. The van der Waals surface area contributed by atoms with Crippen LogP contribution in [-0.4, -0.2) is 34.5 Å². The van der Waals surface area contributed by atoms with Crippen LogP contribution in [0.1, 0.15) is 30.4 Å². The van der Waals surface area contributed by atoms with E-state index in [1.165, 1.54) is 17.0 Å². The number of amides is 1. The van der Waals surface area contributed by atoms with Gasteiger partial charge in [0.05, 0.1) is 12.0 Å². The number of benzene rings is 1. The molecule has 4 nitrogen and oxygen atoms in total. The number of carbonyl (C=O) groups is 2. The van der Waals surface area contributed by atoms with Crippen LogP contribution in [0.2, 0.25) is 0 Å². The first-order chi connectivity index (χ1) is 11.3. The fourth-order valence-electron chi connectivity index (χ4n) is 3.97. The third-order valence-electron chi connectivity index (χ3n) is 5.10. The molecular weight excluding hydrogens is 323 g/mol. The first kappa shape index (κ1) is 16.8. The molecule has 1 N–H and O–H groups in total. The number of aliphatic carboxylic acids is 1. The number of halogens is 3.